The predicted molar refractivity (Wildman–Crippen MR) is 90.2 cm³/mol. The fourth-order valence-corrected chi connectivity index (χ4v) is 2.59. The molecule has 0 fully saturated rings. The van der Waals surface area contributed by atoms with Gasteiger partial charge in [-0.1, -0.05) is 64.7 Å². The monoisotopic (exact) mass is 292 g/mol. The Kier molecular flexibility index (Phi) is 9.77. The van der Waals surface area contributed by atoms with Gasteiger partial charge in [0, 0.05) is 6.07 Å². The van der Waals surface area contributed by atoms with Crippen LogP contribution < -0.4 is 4.74 Å². The fraction of sp³-hybridized carbons (Fsp3) is 0.684. The zero-order valence-electron chi connectivity index (χ0n) is 13.9. The number of unbranched alkanes of at least 4 members (excludes halogenated alkanes) is 9. The molecule has 0 aliphatic carbocycles. The van der Waals surface area contributed by atoms with Crippen LogP contribution in [0.4, 0.5) is 0 Å². The van der Waals surface area contributed by atoms with E-state index in [-0.39, 0.29) is 5.75 Å². The van der Waals surface area contributed by atoms with Gasteiger partial charge in [-0.2, -0.15) is 0 Å². The molecule has 0 aromatic heterocycles. The van der Waals surface area contributed by atoms with Crippen LogP contribution in [0.1, 0.15) is 76.7 Å². The van der Waals surface area contributed by atoms with Crippen LogP contribution in [0.2, 0.25) is 0 Å². The zero-order valence-corrected chi connectivity index (χ0v) is 13.9. The van der Waals surface area contributed by atoms with Crippen molar-refractivity contribution < 1.29 is 9.84 Å². The van der Waals surface area contributed by atoms with E-state index in [0.717, 1.165) is 24.3 Å². The maximum Gasteiger partial charge on any atom is 0.123 e. The van der Waals surface area contributed by atoms with Gasteiger partial charge < -0.3 is 9.84 Å². The molecule has 2 nitrogen and oxygen atoms in total. The Balaban J connectivity index is 1.93. The number of hydrogen-bond donors (Lipinski definition) is 1. The standard InChI is InChI=1S/C19H32O2/c1-3-4-5-6-7-8-9-10-11-12-13-21-19-15-17(2)14-18(20)16-19/h14-16,20H,3-13H2,1-2H3. The average Bonchev–Trinajstić information content (AvgIpc) is 2.44. The van der Waals surface area contributed by atoms with Gasteiger partial charge in [0.25, 0.3) is 0 Å². The highest BCUT2D eigenvalue weighted by Gasteiger charge is 1.98. The lowest BCUT2D eigenvalue weighted by atomic mass is 10.1. The van der Waals surface area contributed by atoms with E-state index in [1.807, 2.05) is 13.0 Å². The van der Waals surface area contributed by atoms with Crippen LogP contribution in [0.15, 0.2) is 18.2 Å². The first-order chi connectivity index (χ1) is 10.2. The highest BCUT2D eigenvalue weighted by Crippen LogP contribution is 2.21. The molecule has 0 unspecified atom stereocenters. The minimum Gasteiger partial charge on any atom is -0.508 e. The van der Waals surface area contributed by atoms with E-state index in [2.05, 4.69) is 6.92 Å². The molecular weight excluding hydrogens is 260 g/mol. The van der Waals surface area contributed by atoms with E-state index < -0.39 is 0 Å². The number of aryl methyl sites for hydroxylation is 1. The number of ether oxygens (including phenoxy) is 1. The van der Waals surface area contributed by atoms with Gasteiger partial charge >= 0.3 is 0 Å². The summed E-state index contributed by atoms with van der Waals surface area (Å²) < 4.78 is 5.68. The maximum atomic E-state index is 9.49. The van der Waals surface area contributed by atoms with Crippen LogP contribution >= 0.6 is 0 Å². The molecule has 0 saturated carbocycles. The van der Waals surface area contributed by atoms with Crippen molar-refractivity contribution >= 4 is 0 Å². The summed E-state index contributed by atoms with van der Waals surface area (Å²) in [7, 11) is 0. The molecule has 0 bridgehead atoms. The molecule has 1 N–H and O–H groups in total. The molecule has 0 atom stereocenters. The van der Waals surface area contributed by atoms with Crippen molar-refractivity contribution in [3.05, 3.63) is 23.8 Å². The summed E-state index contributed by atoms with van der Waals surface area (Å²) in [6.07, 6.45) is 13.4. The Morgan fingerprint density at radius 3 is 1.95 bits per heavy atom. The summed E-state index contributed by atoms with van der Waals surface area (Å²) in [6, 6.07) is 5.40. The molecule has 0 amide bonds. The SMILES string of the molecule is CCCCCCCCCCCCOc1cc(C)cc(O)c1. The minimum atomic E-state index is 0.285. The van der Waals surface area contributed by atoms with Crippen molar-refractivity contribution in [2.75, 3.05) is 6.61 Å². The van der Waals surface area contributed by atoms with E-state index in [0.29, 0.717) is 0 Å². The molecule has 0 heterocycles. The highest BCUT2D eigenvalue weighted by molar-refractivity contribution is 5.36. The lowest BCUT2D eigenvalue weighted by Gasteiger charge is -2.07. The second-order valence-corrected chi connectivity index (χ2v) is 6.03. The van der Waals surface area contributed by atoms with Crippen LogP contribution in [-0.2, 0) is 0 Å². The maximum absolute atomic E-state index is 9.49. The molecule has 21 heavy (non-hydrogen) atoms. The molecule has 0 spiro atoms. The van der Waals surface area contributed by atoms with Gasteiger partial charge in [0.15, 0.2) is 0 Å². The molecule has 1 aromatic carbocycles. The number of phenolic OH excluding ortho intramolecular Hbond substituents is 1. The first-order valence-electron chi connectivity index (χ1n) is 8.66. The summed E-state index contributed by atoms with van der Waals surface area (Å²) in [5.74, 6) is 1.07. The van der Waals surface area contributed by atoms with Gasteiger partial charge in [-0.15, -0.1) is 0 Å². The Hall–Kier alpha value is -1.18. The molecule has 0 radical (unpaired) electrons. The largest absolute Gasteiger partial charge is 0.508 e. The molecule has 0 aliphatic heterocycles. The highest BCUT2D eigenvalue weighted by atomic mass is 16.5. The average molecular weight is 292 g/mol. The molecular formula is C19H32O2. The molecule has 0 saturated heterocycles. The lowest BCUT2D eigenvalue weighted by molar-refractivity contribution is 0.302. The van der Waals surface area contributed by atoms with Gasteiger partial charge in [-0.05, 0) is 31.0 Å². The van der Waals surface area contributed by atoms with Crippen molar-refractivity contribution in [3.63, 3.8) is 0 Å². The number of benzene rings is 1. The Labute approximate surface area is 130 Å². The summed E-state index contributed by atoms with van der Waals surface area (Å²) in [6.45, 7) is 4.98. The molecule has 0 aliphatic rings. The summed E-state index contributed by atoms with van der Waals surface area (Å²) >= 11 is 0. The third-order valence-corrected chi connectivity index (χ3v) is 3.80. The van der Waals surface area contributed by atoms with Crippen molar-refractivity contribution in [3.8, 4) is 11.5 Å². The van der Waals surface area contributed by atoms with Gasteiger partial charge in [0.1, 0.15) is 11.5 Å². The third kappa shape index (κ3) is 9.38. The molecule has 1 rings (SSSR count). The predicted octanol–water partition coefficient (Wildman–Crippen LogP) is 6.00. The van der Waals surface area contributed by atoms with E-state index in [1.54, 1.807) is 12.1 Å². The Morgan fingerprint density at radius 2 is 1.38 bits per heavy atom. The number of aromatic hydroxyl groups is 1. The topological polar surface area (TPSA) is 29.5 Å². The van der Waals surface area contributed by atoms with Crippen LogP contribution in [0, 0.1) is 6.92 Å². The normalized spacial score (nSPS) is 10.8. The Bertz CT molecular complexity index is 354. The smallest absolute Gasteiger partial charge is 0.123 e. The molecule has 2 heteroatoms. The number of rotatable bonds is 12. The van der Waals surface area contributed by atoms with Crippen LogP contribution in [-0.4, -0.2) is 11.7 Å². The quantitative estimate of drug-likeness (QED) is 0.479. The lowest BCUT2D eigenvalue weighted by Crippen LogP contribution is -1.97. The number of hydrogen-bond acceptors (Lipinski definition) is 2. The van der Waals surface area contributed by atoms with E-state index in [9.17, 15) is 5.11 Å². The first-order valence-corrected chi connectivity index (χ1v) is 8.66. The Morgan fingerprint density at radius 1 is 0.810 bits per heavy atom. The van der Waals surface area contributed by atoms with Crippen molar-refractivity contribution in [1.29, 1.82) is 0 Å². The molecule has 120 valence electrons. The van der Waals surface area contributed by atoms with Crippen LogP contribution in [0.25, 0.3) is 0 Å². The van der Waals surface area contributed by atoms with Gasteiger partial charge in [-0.3, -0.25) is 0 Å². The van der Waals surface area contributed by atoms with Crippen molar-refractivity contribution in [2.45, 2.75) is 78.1 Å². The second-order valence-electron chi connectivity index (χ2n) is 6.03. The van der Waals surface area contributed by atoms with E-state index in [1.165, 1.54) is 57.8 Å². The van der Waals surface area contributed by atoms with E-state index >= 15 is 0 Å². The van der Waals surface area contributed by atoms with Crippen molar-refractivity contribution in [2.24, 2.45) is 0 Å². The van der Waals surface area contributed by atoms with Crippen LogP contribution in [0.5, 0.6) is 11.5 Å². The van der Waals surface area contributed by atoms with Gasteiger partial charge in [-0.25, -0.2) is 0 Å². The first kappa shape index (κ1) is 17.9. The zero-order chi connectivity index (χ0) is 15.3. The van der Waals surface area contributed by atoms with Gasteiger partial charge in [0.05, 0.1) is 6.61 Å². The van der Waals surface area contributed by atoms with Crippen LogP contribution in [0.3, 0.4) is 0 Å². The van der Waals surface area contributed by atoms with Crippen molar-refractivity contribution in [1.82, 2.24) is 0 Å². The van der Waals surface area contributed by atoms with Gasteiger partial charge in [0.2, 0.25) is 0 Å². The molecule has 1 aromatic rings. The fourth-order valence-electron chi connectivity index (χ4n) is 2.59. The summed E-state index contributed by atoms with van der Waals surface area (Å²) in [4.78, 5) is 0. The number of phenols is 1. The summed E-state index contributed by atoms with van der Waals surface area (Å²) in [5.41, 5.74) is 1.04. The minimum absolute atomic E-state index is 0.285. The summed E-state index contributed by atoms with van der Waals surface area (Å²) in [5, 5.41) is 9.49. The van der Waals surface area contributed by atoms with E-state index in [4.69, 9.17) is 4.74 Å². The third-order valence-electron chi connectivity index (χ3n) is 3.80. The second kappa shape index (κ2) is 11.5.